The minimum Gasteiger partial charge on any atom is -0.480 e. The maximum absolute atomic E-state index is 11.7. The summed E-state index contributed by atoms with van der Waals surface area (Å²) in [5.41, 5.74) is 0.789. The van der Waals surface area contributed by atoms with Crippen LogP contribution in [0.15, 0.2) is 30.3 Å². The third-order valence-corrected chi connectivity index (χ3v) is 2.60. The molecule has 0 aliphatic carbocycles. The molecule has 0 saturated heterocycles. The summed E-state index contributed by atoms with van der Waals surface area (Å²) in [4.78, 5) is 23.2. The number of benzene rings is 1. The SMILES string of the molecule is CC(C(=O)NCC(=O)O)n1nnc(-c2ccccc2)n1. The molecular weight excluding hydrogens is 262 g/mol. The molecule has 0 fully saturated rings. The fraction of sp³-hybridized carbons (Fsp3) is 0.250. The number of hydrogen-bond donors (Lipinski definition) is 2. The summed E-state index contributed by atoms with van der Waals surface area (Å²) in [6.45, 7) is 1.12. The molecule has 8 nitrogen and oxygen atoms in total. The quantitative estimate of drug-likeness (QED) is 0.801. The molecule has 1 aromatic carbocycles. The van der Waals surface area contributed by atoms with Crippen LogP contribution in [0, 0.1) is 0 Å². The van der Waals surface area contributed by atoms with E-state index in [9.17, 15) is 9.59 Å². The highest BCUT2D eigenvalue weighted by molar-refractivity contribution is 5.83. The highest BCUT2D eigenvalue weighted by Crippen LogP contribution is 2.13. The van der Waals surface area contributed by atoms with E-state index in [1.807, 2.05) is 30.3 Å². The topological polar surface area (TPSA) is 110 Å². The van der Waals surface area contributed by atoms with Gasteiger partial charge in [-0.1, -0.05) is 30.3 Å². The van der Waals surface area contributed by atoms with Crippen LogP contribution in [0.2, 0.25) is 0 Å². The van der Waals surface area contributed by atoms with E-state index in [-0.39, 0.29) is 0 Å². The van der Waals surface area contributed by atoms with Crippen molar-refractivity contribution in [3.05, 3.63) is 30.3 Å². The van der Waals surface area contributed by atoms with Crippen molar-refractivity contribution in [1.29, 1.82) is 0 Å². The smallest absolute Gasteiger partial charge is 0.322 e. The van der Waals surface area contributed by atoms with E-state index >= 15 is 0 Å². The molecule has 0 radical (unpaired) electrons. The number of carboxylic acid groups (broad SMARTS) is 1. The van der Waals surface area contributed by atoms with Gasteiger partial charge in [0.1, 0.15) is 12.6 Å². The lowest BCUT2D eigenvalue weighted by Gasteiger charge is -2.08. The lowest BCUT2D eigenvalue weighted by atomic mass is 10.2. The molecule has 1 heterocycles. The van der Waals surface area contributed by atoms with Gasteiger partial charge in [-0.3, -0.25) is 9.59 Å². The minimum absolute atomic E-state index is 0.406. The van der Waals surface area contributed by atoms with Crippen molar-refractivity contribution < 1.29 is 14.7 Å². The number of nitrogens with one attached hydrogen (secondary N) is 1. The summed E-state index contributed by atoms with van der Waals surface area (Å²) in [5, 5.41) is 22.6. The van der Waals surface area contributed by atoms with E-state index in [0.717, 1.165) is 10.4 Å². The van der Waals surface area contributed by atoms with Gasteiger partial charge in [0.2, 0.25) is 11.7 Å². The van der Waals surface area contributed by atoms with Crippen molar-refractivity contribution in [2.24, 2.45) is 0 Å². The average molecular weight is 275 g/mol. The largest absolute Gasteiger partial charge is 0.480 e. The monoisotopic (exact) mass is 275 g/mol. The highest BCUT2D eigenvalue weighted by Gasteiger charge is 2.18. The summed E-state index contributed by atoms with van der Waals surface area (Å²) in [6.07, 6.45) is 0. The Balaban J connectivity index is 2.08. The van der Waals surface area contributed by atoms with Gasteiger partial charge in [-0.2, -0.15) is 4.80 Å². The normalized spacial score (nSPS) is 11.8. The minimum atomic E-state index is -1.11. The van der Waals surface area contributed by atoms with Crippen LogP contribution in [-0.4, -0.2) is 43.7 Å². The molecule has 2 aromatic rings. The molecule has 0 bridgehead atoms. The molecule has 2 rings (SSSR count). The fourth-order valence-corrected chi connectivity index (χ4v) is 1.51. The lowest BCUT2D eigenvalue weighted by Crippen LogP contribution is -2.35. The third-order valence-electron chi connectivity index (χ3n) is 2.60. The van der Waals surface area contributed by atoms with Gasteiger partial charge in [0.25, 0.3) is 0 Å². The highest BCUT2D eigenvalue weighted by atomic mass is 16.4. The van der Waals surface area contributed by atoms with Crippen LogP contribution in [0.3, 0.4) is 0 Å². The molecule has 1 amide bonds. The number of tetrazole rings is 1. The predicted molar refractivity (Wildman–Crippen MR) is 68.6 cm³/mol. The molecule has 2 N–H and O–H groups in total. The summed E-state index contributed by atoms with van der Waals surface area (Å²) in [7, 11) is 0. The molecule has 0 aliphatic heterocycles. The number of carboxylic acids is 1. The van der Waals surface area contributed by atoms with Crippen molar-refractivity contribution in [1.82, 2.24) is 25.5 Å². The second-order valence-electron chi connectivity index (χ2n) is 4.09. The first-order valence-corrected chi connectivity index (χ1v) is 5.92. The molecule has 8 heteroatoms. The molecular formula is C12H13N5O3. The Morgan fingerprint density at radius 1 is 1.35 bits per heavy atom. The summed E-state index contributed by atoms with van der Waals surface area (Å²) in [6, 6.07) is 8.49. The van der Waals surface area contributed by atoms with Gasteiger partial charge in [0.05, 0.1) is 0 Å². The maximum Gasteiger partial charge on any atom is 0.322 e. The lowest BCUT2D eigenvalue weighted by molar-refractivity contribution is -0.138. The Bertz CT molecular complexity index is 611. The van der Waals surface area contributed by atoms with Crippen molar-refractivity contribution in [3.63, 3.8) is 0 Å². The van der Waals surface area contributed by atoms with E-state index < -0.39 is 24.5 Å². The number of rotatable bonds is 5. The van der Waals surface area contributed by atoms with Crippen molar-refractivity contribution in [3.8, 4) is 11.4 Å². The number of carbonyl (C=O) groups excluding carboxylic acids is 1. The Kier molecular flexibility index (Phi) is 4.04. The van der Waals surface area contributed by atoms with Crippen molar-refractivity contribution in [2.75, 3.05) is 6.54 Å². The third kappa shape index (κ3) is 3.16. The zero-order chi connectivity index (χ0) is 14.5. The Morgan fingerprint density at radius 2 is 2.05 bits per heavy atom. The first-order valence-electron chi connectivity index (χ1n) is 5.92. The van der Waals surface area contributed by atoms with Crippen molar-refractivity contribution >= 4 is 11.9 Å². The number of amides is 1. The van der Waals surface area contributed by atoms with Crippen LogP contribution >= 0.6 is 0 Å². The van der Waals surface area contributed by atoms with Crippen LogP contribution in [0.4, 0.5) is 0 Å². The summed E-state index contributed by atoms with van der Waals surface area (Å²) in [5.74, 6) is -1.19. The fourth-order valence-electron chi connectivity index (χ4n) is 1.51. The number of aliphatic carboxylic acids is 1. The van der Waals surface area contributed by atoms with Gasteiger partial charge in [0, 0.05) is 5.56 Å². The maximum atomic E-state index is 11.7. The van der Waals surface area contributed by atoms with Gasteiger partial charge in [-0.05, 0) is 12.1 Å². The number of nitrogens with zero attached hydrogens (tertiary/aromatic N) is 4. The van der Waals surface area contributed by atoms with Gasteiger partial charge in [0.15, 0.2) is 0 Å². The molecule has 104 valence electrons. The molecule has 1 aromatic heterocycles. The van der Waals surface area contributed by atoms with Crippen LogP contribution < -0.4 is 5.32 Å². The van der Waals surface area contributed by atoms with Crippen LogP contribution in [0.25, 0.3) is 11.4 Å². The van der Waals surface area contributed by atoms with E-state index in [2.05, 4.69) is 20.7 Å². The van der Waals surface area contributed by atoms with E-state index in [0.29, 0.717) is 5.82 Å². The number of hydrogen-bond acceptors (Lipinski definition) is 5. The molecule has 0 spiro atoms. The average Bonchev–Trinajstić information content (AvgIpc) is 2.94. The molecule has 20 heavy (non-hydrogen) atoms. The number of aromatic nitrogens is 4. The molecule has 1 atom stereocenters. The summed E-state index contributed by atoms with van der Waals surface area (Å²) >= 11 is 0. The molecule has 1 unspecified atom stereocenters. The molecule has 0 aliphatic rings. The van der Waals surface area contributed by atoms with E-state index in [1.165, 1.54) is 0 Å². The first-order chi connectivity index (χ1) is 9.58. The number of carbonyl (C=O) groups is 2. The zero-order valence-corrected chi connectivity index (χ0v) is 10.7. The standard InChI is InChI=1S/C12H13N5O3/c1-8(12(20)13-7-10(18)19)17-15-11(14-16-17)9-5-3-2-4-6-9/h2-6,8H,7H2,1H3,(H,13,20)(H,18,19). The zero-order valence-electron chi connectivity index (χ0n) is 10.7. The van der Waals surface area contributed by atoms with Gasteiger partial charge in [-0.25, -0.2) is 0 Å². The van der Waals surface area contributed by atoms with Crippen molar-refractivity contribution in [2.45, 2.75) is 13.0 Å². The van der Waals surface area contributed by atoms with Crippen LogP contribution in [-0.2, 0) is 9.59 Å². The van der Waals surface area contributed by atoms with Gasteiger partial charge < -0.3 is 10.4 Å². The Labute approximate surface area is 114 Å². The van der Waals surface area contributed by atoms with Crippen LogP contribution in [0.5, 0.6) is 0 Å². The van der Waals surface area contributed by atoms with Gasteiger partial charge in [-0.15, -0.1) is 10.2 Å². The Morgan fingerprint density at radius 3 is 2.70 bits per heavy atom. The second-order valence-corrected chi connectivity index (χ2v) is 4.09. The van der Waals surface area contributed by atoms with Crippen LogP contribution in [0.1, 0.15) is 13.0 Å². The predicted octanol–water partition coefficient (Wildman–Crippen LogP) is 0.102. The first kappa shape index (κ1) is 13.7. The summed E-state index contributed by atoms with van der Waals surface area (Å²) < 4.78 is 0. The van der Waals surface area contributed by atoms with E-state index in [4.69, 9.17) is 5.11 Å². The van der Waals surface area contributed by atoms with E-state index in [1.54, 1.807) is 6.92 Å². The Hall–Kier alpha value is -2.77. The molecule has 0 saturated carbocycles. The van der Waals surface area contributed by atoms with Gasteiger partial charge >= 0.3 is 5.97 Å². The second kappa shape index (κ2) is 5.91.